The van der Waals surface area contributed by atoms with Gasteiger partial charge >= 0.3 is 0 Å². The van der Waals surface area contributed by atoms with Gasteiger partial charge in [-0.15, -0.1) is 6.58 Å². The second-order valence-electron chi connectivity index (χ2n) is 9.84. The average molecular weight is 449 g/mol. The standard InChI is InChI=1S/C26H40O6/c1-8-19(22(27)24-20(9-2)30-26(6,7)32-24)17(3)23(21-16-29-25(4,5)31-21)28-15-18-13-11-10-12-14-18/h8,10-14,17,19-24,27H,1,9,15-16H2,2-7H3/t17-,19+,20-,21-,22+,23-,24-/m1/s1. The third-order valence-electron chi connectivity index (χ3n) is 6.43. The summed E-state index contributed by atoms with van der Waals surface area (Å²) < 4.78 is 30.5. The predicted molar refractivity (Wildman–Crippen MR) is 123 cm³/mol. The lowest BCUT2D eigenvalue weighted by atomic mass is 9.80. The van der Waals surface area contributed by atoms with Gasteiger partial charge in [-0.25, -0.2) is 0 Å². The molecule has 1 aromatic rings. The van der Waals surface area contributed by atoms with Crippen molar-refractivity contribution < 1.29 is 28.8 Å². The average Bonchev–Trinajstić information content (AvgIpc) is 3.27. The summed E-state index contributed by atoms with van der Waals surface area (Å²) in [6, 6.07) is 10.1. The van der Waals surface area contributed by atoms with E-state index in [4.69, 9.17) is 23.7 Å². The first-order valence-corrected chi connectivity index (χ1v) is 11.7. The van der Waals surface area contributed by atoms with E-state index in [2.05, 4.69) is 13.5 Å². The normalized spacial score (nSPS) is 30.5. The highest BCUT2D eigenvalue weighted by atomic mass is 16.8. The lowest BCUT2D eigenvalue weighted by Crippen LogP contribution is -2.47. The molecule has 2 aliphatic rings. The molecule has 6 nitrogen and oxygen atoms in total. The molecule has 0 radical (unpaired) electrons. The summed E-state index contributed by atoms with van der Waals surface area (Å²) in [7, 11) is 0. The smallest absolute Gasteiger partial charge is 0.163 e. The van der Waals surface area contributed by atoms with Crippen molar-refractivity contribution in [2.75, 3.05) is 6.61 Å². The van der Waals surface area contributed by atoms with Gasteiger partial charge in [0.05, 0.1) is 31.5 Å². The van der Waals surface area contributed by atoms with E-state index in [0.717, 1.165) is 12.0 Å². The molecule has 0 bridgehead atoms. The maximum atomic E-state index is 11.4. The number of rotatable bonds is 10. The van der Waals surface area contributed by atoms with Crippen molar-refractivity contribution in [1.82, 2.24) is 0 Å². The summed E-state index contributed by atoms with van der Waals surface area (Å²) in [4.78, 5) is 0. The van der Waals surface area contributed by atoms with Crippen LogP contribution in [0.15, 0.2) is 43.0 Å². The summed E-state index contributed by atoms with van der Waals surface area (Å²) in [6.07, 6.45) is 0.604. The molecule has 0 saturated carbocycles. The van der Waals surface area contributed by atoms with E-state index in [9.17, 15) is 5.11 Å². The van der Waals surface area contributed by atoms with Crippen LogP contribution in [-0.2, 0) is 30.3 Å². The van der Waals surface area contributed by atoms with Gasteiger partial charge in [0.1, 0.15) is 12.2 Å². The van der Waals surface area contributed by atoms with Gasteiger partial charge in [0.2, 0.25) is 0 Å². The van der Waals surface area contributed by atoms with Crippen LogP contribution < -0.4 is 0 Å². The molecule has 1 N–H and O–H groups in total. The van der Waals surface area contributed by atoms with Crippen LogP contribution in [0.3, 0.4) is 0 Å². The first-order chi connectivity index (χ1) is 15.1. The van der Waals surface area contributed by atoms with Crippen LogP contribution in [0.4, 0.5) is 0 Å². The second kappa shape index (κ2) is 10.3. The Hall–Kier alpha value is -1.28. The third-order valence-corrected chi connectivity index (χ3v) is 6.43. The molecule has 2 heterocycles. The quantitative estimate of drug-likeness (QED) is 0.534. The molecule has 0 amide bonds. The zero-order chi connectivity index (χ0) is 23.5. The topological polar surface area (TPSA) is 66.4 Å². The van der Waals surface area contributed by atoms with Gasteiger partial charge in [-0.1, -0.05) is 50.3 Å². The van der Waals surface area contributed by atoms with Crippen LogP contribution in [0.1, 0.15) is 53.5 Å². The molecular weight excluding hydrogens is 408 g/mol. The Kier molecular flexibility index (Phi) is 8.18. The number of aliphatic hydroxyl groups excluding tert-OH is 1. The lowest BCUT2D eigenvalue weighted by molar-refractivity contribution is -0.174. The molecule has 2 fully saturated rings. The van der Waals surface area contributed by atoms with E-state index < -0.39 is 23.8 Å². The Balaban J connectivity index is 1.79. The van der Waals surface area contributed by atoms with E-state index in [0.29, 0.717) is 13.2 Å². The van der Waals surface area contributed by atoms with Gasteiger partial charge in [-0.3, -0.25) is 0 Å². The van der Waals surface area contributed by atoms with Crippen molar-refractivity contribution in [3.63, 3.8) is 0 Å². The largest absolute Gasteiger partial charge is 0.390 e. The molecule has 7 atom stereocenters. The highest BCUT2D eigenvalue weighted by molar-refractivity contribution is 5.13. The second-order valence-corrected chi connectivity index (χ2v) is 9.84. The van der Waals surface area contributed by atoms with Crippen LogP contribution in [0.25, 0.3) is 0 Å². The monoisotopic (exact) mass is 448 g/mol. The van der Waals surface area contributed by atoms with E-state index in [1.807, 2.05) is 65.0 Å². The van der Waals surface area contributed by atoms with Gasteiger partial charge in [0.25, 0.3) is 0 Å². The molecule has 32 heavy (non-hydrogen) atoms. The van der Waals surface area contributed by atoms with E-state index in [1.165, 1.54) is 0 Å². The fourth-order valence-corrected chi connectivity index (χ4v) is 4.81. The molecule has 3 rings (SSSR count). The first kappa shape index (κ1) is 25.3. The molecule has 1 aromatic carbocycles. The van der Waals surface area contributed by atoms with Gasteiger partial charge in [0, 0.05) is 5.92 Å². The predicted octanol–water partition coefficient (Wildman–Crippen LogP) is 4.45. The van der Waals surface area contributed by atoms with Crippen LogP contribution in [0.5, 0.6) is 0 Å². The molecule has 0 aromatic heterocycles. The van der Waals surface area contributed by atoms with Gasteiger partial charge in [-0.05, 0) is 45.6 Å². The minimum Gasteiger partial charge on any atom is -0.390 e. The number of hydrogen-bond donors (Lipinski definition) is 1. The van der Waals surface area contributed by atoms with Crippen molar-refractivity contribution in [1.29, 1.82) is 0 Å². The van der Waals surface area contributed by atoms with Crippen molar-refractivity contribution in [3.8, 4) is 0 Å². The summed E-state index contributed by atoms with van der Waals surface area (Å²) in [6.45, 7) is 16.6. The molecule has 2 saturated heterocycles. The van der Waals surface area contributed by atoms with Crippen LogP contribution in [0.2, 0.25) is 0 Å². The fraction of sp³-hybridized carbons (Fsp3) is 0.692. The van der Waals surface area contributed by atoms with Crippen molar-refractivity contribution in [2.24, 2.45) is 11.8 Å². The Bertz CT molecular complexity index is 733. The van der Waals surface area contributed by atoms with Gasteiger partial charge in [0.15, 0.2) is 11.6 Å². The number of aliphatic hydroxyl groups is 1. The van der Waals surface area contributed by atoms with E-state index in [-0.39, 0.29) is 30.1 Å². The Morgan fingerprint density at radius 2 is 1.81 bits per heavy atom. The molecule has 180 valence electrons. The summed E-state index contributed by atoms with van der Waals surface area (Å²) in [5.41, 5.74) is 1.08. The molecule has 2 aliphatic heterocycles. The van der Waals surface area contributed by atoms with Crippen molar-refractivity contribution in [2.45, 2.75) is 96.7 Å². The minimum atomic E-state index is -0.785. The minimum absolute atomic E-state index is 0.0986. The van der Waals surface area contributed by atoms with Crippen LogP contribution >= 0.6 is 0 Å². The van der Waals surface area contributed by atoms with Crippen LogP contribution in [0, 0.1) is 11.8 Å². The Labute approximate surface area is 192 Å². The van der Waals surface area contributed by atoms with Crippen molar-refractivity contribution in [3.05, 3.63) is 48.6 Å². The maximum Gasteiger partial charge on any atom is 0.163 e. The highest BCUT2D eigenvalue weighted by Crippen LogP contribution is 2.38. The number of ether oxygens (including phenoxy) is 5. The van der Waals surface area contributed by atoms with E-state index >= 15 is 0 Å². The third kappa shape index (κ3) is 5.99. The summed E-state index contributed by atoms with van der Waals surface area (Å²) in [5, 5.41) is 11.4. The summed E-state index contributed by atoms with van der Waals surface area (Å²) >= 11 is 0. The Morgan fingerprint density at radius 1 is 1.12 bits per heavy atom. The molecular formula is C26H40O6. The van der Waals surface area contributed by atoms with Crippen LogP contribution in [-0.4, -0.2) is 53.8 Å². The summed E-state index contributed by atoms with van der Waals surface area (Å²) in [5.74, 6) is -1.77. The van der Waals surface area contributed by atoms with Crippen molar-refractivity contribution >= 4 is 0 Å². The SMILES string of the molecule is C=C[C@@H]([C@@H](C)[C@@H](OCc1ccccc1)[C@H]1COC(C)(C)O1)[C@H](O)[C@@H]1OC(C)(C)O[C@@H]1CC. The number of hydrogen-bond acceptors (Lipinski definition) is 6. The molecule has 0 unspecified atom stereocenters. The van der Waals surface area contributed by atoms with Gasteiger partial charge in [-0.2, -0.15) is 0 Å². The first-order valence-electron chi connectivity index (χ1n) is 11.7. The maximum absolute atomic E-state index is 11.4. The lowest BCUT2D eigenvalue weighted by Gasteiger charge is -2.37. The highest BCUT2D eigenvalue weighted by Gasteiger charge is 2.49. The van der Waals surface area contributed by atoms with Gasteiger partial charge < -0.3 is 28.8 Å². The molecule has 0 aliphatic carbocycles. The fourth-order valence-electron chi connectivity index (χ4n) is 4.81. The Morgan fingerprint density at radius 3 is 2.38 bits per heavy atom. The number of benzene rings is 1. The van der Waals surface area contributed by atoms with E-state index in [1.54, 1.807) is 6.08 Å². The molecule has 0 spiro atoms. The zero-order valence-electron chi connectivity index (χ0n) is 20.3. The molecule has 6 heteroatoms. The zero-order valence-corrected chi connectivity index (χ0v) is 20.3.